The van der Waals surface area contributed by atoms with Crippen molar-refractivity contribution in [2.75, 3.05) is 13.6 Å². The molecule has 6 heteroatoms. The Balaban J connectivity index is 2.18. The molecule has 0 aliphatic carbocycles. The first-order valence-electron chi connectivity index (χ1n) is 13.5. The Bertz CT molecular complexity index is 817. The van der Waals surface area contributed by atoms with Gasteiger partial charge in [-0.2, -0.15) is 0 Å². The normalized spacial score (nSPS) is 34.0. The van der Waals surface area contributed by atoms with Gasteiger partial charge in [-0.1, -0.05) is 67.5 Å². The average molecular weight is 501 g/mol. The predicted molar refractivity (Wildman–Crippen MR) is 147 cm³/mol. The van der Waals surface area contributed by atoms with E-state index in [2.05, 4.69) is 68.7 Å². The fourth-order valence-corrected chi connectivity index (χ4v) is 4.68. The Morgan fingerprint density at radius 3 is 2.64 bits per heavy atom. The van der Waals surface area contributed by atoms with Crippen LogP contribution >= 0.6 is 0 Å². The lowest BCUT2D eigenvalue weighted by Crippen LogP contribution is -2.54. The van der Waals surface area contributed by atoms with Crippen LogP contribution in [-0.4, -0.2) is 55.2 Å². The number of hydrogen-bond acceptors (Lipinski definition) is 5. The molecule has 1 fully saturated rings. The third-order valence-corrected chi connectivity index (χ3v) is 6.96. The number of rotatable bonds is 3. The second-order valence-electron chi connectivity index (χ2n) is 10.5. The minimum atomic E-state index is -0.524. The van der Waals surface area contributed by atoms with Crippen molar-refractivity contribution in [1.82, 2.24) is 10.6 Å². The van der Waals surface area contributed by atoms with E-state index < -0.39 is 12.4 Å². The van der Waals surface area contributed by atoms with Crippen molar-refractivity contribution >= 4 is 5.91 Å². The van der Waals surface area contributed by atoms with Gasteiger partial charge < -0.3 is 25.2 Å². The van der Waals surface area contributed by atoms with Gasteiger partial charge in [0.05, 0.1) is 24.4 Å². The first-order chi connectivity index (χ1) is 17.2. The maximum Gasteiger partial charge on any atom is 0.243 e. The van der Waals surface area contributed by atoms with Crippen LogP contribution in [0.4, 0.5) is 0 Å². The fourth-order valence-electron chi connectivity index (χ4n) is 4.68. The van der Waals surface area contributed by atoms with Gasteiger partial charge in [0.15, 0.2) is 6.29 Å². The van der Waals surface area contributed by atoms with Crippen molar-refractivity contribution in [3.63, 3.8) is 0 Å². The molecule has 0 aromatic heterocycles. The van der Waals surface area contributed by atoms with Gasteiger partial charge in [0, 0.05) is 25.0 Å². The lowest BCUT2D eigenvalue weighted by molar-refractivity contribution is -0.241. The number of aliphatic hydroxyl groups is 1. The maximum atomic E-state index is 12.2. The molecule has 0 aromatic carbocycles. The van der Waals surface area contributed by atoms with E-state index in [4.69, 9.17) is 9.47 Å². The van der Waals surface area contributed by atoms with Gasteiger partial charge in [0.25, 0.3) is 0 Å². The number of aliphatic hydroxyl groups excluding tert-OH is 1. The molecular formula is C30H48N2O4. The quantitative estimate of drug-likeness (QED) is 0.477. The lowest BCUT2D eigenvalue weighted by atomic mass is 9.97. The highest BCUT2D eigenvalue weighted by molar-refractivity contribution is 5.87. The number of ether oxygens (including phenoxy) is 2. The Morgan fingerprint density at radius 2 is 1.92 bits per heavy atom. The van der Waals surface area contributed by atoms with Gasteiger partial charge in [0.2, 0.25) is 5.91 Å². The van der Waals surface area contributed by atoms with E-state index in [0.717, 1.165) is 25.7 Å². The monoisotopic (exact) mass is 500 g/mol. The van der Waals surface area contributed by atoms with E-state index in [1.165, 1.54) is 11.1 Å². The Labute approximate surface area is 218 Å². The Kier molecular flexibility index (Phi) is 13.4. The van der Waals surface area contributed by atoms with Crippen LogP contribution in [0.25, 0.3) is 0 Å². The number of allylic oxidation sites excluding steroid dienone is 7. The van der Waals surface area contributed by atoms with Crippen molar-refractivity contribution in [1.29, 1.82) is 0 Å². The van der Waals surface area contributed by atoms with Crippen LogP contribution in [0.15, 0.2) is 59.8 Å². The molecule has 0 radical (unpaired) electrons. The zero-order valence-electron chi connectivity index (χ0n) is 23.1. The zero-order chi connectivity index (χ0) is 26.5. The number of likely N-dealkylation sites (N-methyl/N-ethyl adjacent to an activating group) is 1. The lowest BCUT2D eigenvalue weighted by Gasteiger charge is -2.39. The van der Waals surface area contributed by atoms with Crippen molar-refractivity contribution in [3.8, 4) is 0 Å². The summed E-state index contributed by atoms with van der Waals surface area (Å²) in [6.45, 7) is 11.2. The van der Waals surface area contributed by atoms with Crippen molar-refractivity contribution in [2.24, 2.45) is 11.8 Å². The molecule has 36 heavy (non-hydrogen) atoms. The molecule has 0 bridgehead atoms. The van der Waals surface area contributed by atoms with Gasteiger partial charge in [-0.25, -0.2) is 0 Å². The van der Waals surface area contributed by atoms with Crippen LogP contribution < -0.4 is 10.6 Å². The van der Waals surface area contributed by atoms with Crippen LogP contribution in [0.5, 0.6) is 0 Å². The SMILES string of the molecule is CN[C@H]1[C@H](C)O[C@H](O[C@@H]2CC=C(C)CC(C)=CC=CCC[C@@H](C)CNC(=O)C=CC=C[C@@H]2C)C[C@@H]1O. The molecule has 2 aliphatic heterocycles. The van der Waals surface area contributed by atoms with Crippen LogP contribution in [0.1, 0.15) is 66.7 Å². The Hall–Kier alpha value is -1.99. The summed E-state index contributed by atoms with van der Waals surface area (Å²) in [7, 11) is 1.84. The molecule has 2 heterocycles. The molecule has 6 nitrogen and oxygen atoms in total. The molecule has 3 N–H and O–H groups in total. The molecular weight excluding hydrogens is 452 g/mol. The minimum absolute atomic E-state index is 0.0771. The minimum Gasteiger partial charge on any atom is -0.391 e. The third kappa shape index (κ3) is 11.0. The summed E-state index contributed by atoms with van der Waals surface area (Å²) in [4.78, 5) is 12.2. The molecule has 2 aliphatic rings. The van der Waals surface area contributed by atoms with E-state index in [1.54, 1.807) is 12.2 Å². The summed E-state index contributed by atoms with van der Waals surface area (Å²) in [5, 5.41) is 16.7. The second kappa shape index (κ2) is 16.0. The van der Waals surface area contributed by atoms with Gasteiger partial charge in [-0.3, -0.25) is 4.79 Å². The van der Waals surface area contributed by atoms with E-state index in [9.17, 15) is 9.90 Å². The molecule has 0 aromatic rings. The summed E-state index contributed by atoms with van der Waals surface area (Å²) in [5.41, 5.74) is 2.62. The summed E-state index contributed by atoms with van der Waals surface area (Å²) in [6, 6.07) is -0.105. The standard InChI is InChI=1S/C30H48N2O4/c1-21-12-8-7-9-13-23(3)20-32-28(34)15-11-10-14-24(4)27(17-16-22(2)18-21)36-29-19-26(33)30(31-6)25(5)35-29/h7-8,10-12,14-16,23-27,29-31,33H,9,13,17-20H2,1-6H3,(H,32,34)/t23-,24+,25+,26+,27-,29-,30+/m1/s1. The molecule has 1 saturated heterocycles. The van der Waals surface area contributed by atoms with Gasteiger partial charge in [0.1, 0.15) is 0 Å². The van der Waals surface area contributed by atoms with E-state index in [1.807, 2.05) is 20.0 Å². The van der Waals surface area contributed by atoms with Gasteiger partial charge in [-0.15, -0.1) is 0 Å². The van der Waals surface area contributed by atoms with E-state index in [-0.39, 0.29) is 30.1 Å². The summed E-state index contributed by atoms with van der Waals surface area (Å²) in [5.74, 6) is 0.435. The van der Waals surface area contributed by atoms with Crippen LogP contribution in [0.3, 0.4) is 0 Å². The third-order valence-electron chi connectivity index (χ3n) is 6.96. The fraction of sp³-hybridized carbons (Fsp3) is 0.633. The van der Waals surface area contributed by atoms with Crippen molar-refractivity contribution in [2.45, 2.75) is 97.4 Å². The largest absolute Gasteiger partial charge is 0.391 e. The first kappa shape index (κ1) is 30.2. The van der Waals surface area contributed by atoms with Gasteiger partial charge >= 0.3 is 0 Å². The molecule has 0 saturated carbocycles. The second-order valence-corrected chi connectivity index (χ2v) is 10.5. The van der Waals surface area contributed by atoms with E-state index >= 15 is 0 Å². The van der Waals surface area contributed by atoms with Crippen LogP contribution in [0, 0.1) is 11.8 Å². The molecule has 0 unspecified atom stereocenters. The molecule has 2 rings (SSSR count). The molecule has 1 amide bonds. The first-order valence-corrected chi connectivity index (χ1v) is 13.5. The summed E-state index contributed by atoms with van der Waals surface area (Å²) < 4.78 is 12.5. The highest BCUT2D eigenvalue weighted by Crippen LogP contribution is 2.26. The van der Waals surface area contributed by atoms with Crippen molar-refractivity contribution < 1.29 is 19.4 Å². The van der Waals surface area contributed by atoms with E-state index in [0.29, 0.717) is 18.9 Å². The maximum absolute atomic E-state index is 12.2. The number of nitrogens with one attached hydrogen (secondary N) is 2. The number of carbonyl (C=O) groups excluding carboxylic acids is 1. The zero-order valence-corrected chi connectivity index (χ0v) is 23.1. The predicted octanol–water partition coefficient (Wildman–Crippen LogP) is 4.98. The highest BCUT2D eigenvalue weighted by Gasteiger charge is 2.36. The number of carbonyl (C=O) groups is 1. The highest BCUT2D eigenvalue weighted by atomic mass is 16.7. The summed E-state index contributed by atoms with van der Waals surface area (Å²) >= 11 is 0. The average Bonchev–Trinajstić information content (AvgIpc) is 2.82. The topological polar surface area (TPSA) is 79.8 Å². The van der Waals surface area contributed by atoms with Gasteiger partial charge in [-0.05, 0) is 59.4 Å². The van der Waals surface area contributed by atoms with Crippen LogP contribution in [-0.2, 0) is 14.3 Å². The molecule has 0 spiro atoms. The van der Waals surface area contributed by atoms with Crippen LogP contribution in [0.2, 0.25) is 0 Å². The number of amides is 1. The summed E-state index contributed by atoms with van der Waals surface area (Å²) in [6.07, 6.45) is 19.0. The Morgan fingerprint density at radius 1 is 1.14 bits per heavy atom. The molecule has 202 valence electrons. The molecule has 7 atom stereocenters. The van der Waals surface area contributed by atoms with Crippen molar-refractivity contribution in [3.05, 3.63) is 59.8 Å². The smallest absolute Gasteiger partial charge is 0.243 e. The number of hydrogen-bond donors (Lipinski definition) is 3.